The molecule has 0 aromatic heterocycles. The summed E-state index contributed by atoms with van der Waals surface area (Å²) >= 11 is 10.9. The SMILES string of the molecule is Cc1cc(Cl)ccc1C(=O)NC1CCCC1C(N)=S. The Balaban J connectivity index is 2.10. The summed E-state index contributed by atoms with van der Waals surface area (Å²) in [4.78, 5) is 12.8. The van der Waals surface area contributed by atoms with Crippen LogP contribution in [0, 0.1) is 12.8 Å². The van der Waals surface area contributed by atoms with E-state index in [1.165, 1.54) is 0 Å². The van der Waals surface area contributed by atoms with E-state index in [4.69, 9.17) is 29.6 Å². The summed E-state index contributed by atoms with van der Waals surface area (Å²) in [5, 5.41) is 3.67. The summed E-state index contributed by atoms with van der Waals surface area (Å²) in [7, 11) is 0. The molecule has 2 rings (SSSR count). The van der Waals surface area contributed by atoms with Crippen LogP contribution in [0.15, 0.2) is 18.2 Å². The molecule has 1 fully saturated rings. The lowest BCUT2D eigenvalue weighted by Crippen LogP contribution is -2.41. The zero-order chi connectivity index (χ0) is 14.0. The number of hydrogen-bond acceptors (Lipinski definition) is 2. The lowest BCUT2D eigenvalue weighted by Gasteiger charge is -2.20. The molecule has 0 spiro atoms. The van der Waals surface area contributed by atoms with Gasteiger partial charge in [0, 0.05) is 22.5 Å². The standard InChI is InChI=1S/C14H17ClN2OS/c1-8-7-9(15)5-6-10(8)14(18)17-12-4-2-3-11(12)13(16)19/h5-7,11-12H,2-4H2,1H3,(H2,16,19)(H,17,18). The van der Waals surface area contributed by atoms with E-state index in [1.54, 1.807) is 18.2 Å². The predicted molar refractivity (Wildman–Crippen MR) is 81.6 cm³/mol. The first-order valence-corrected chi connectivity index (χ1v) is 7.14. The molecular weight excluding hydrogens is 280 g/mol. The van der Waals surface area contributed by atoms with Gasteiger partial charge in [-0.15, -0.1) is 0 Å². The fourth-order valence-electron chi connectivity index (χ4n) is 2.60. The second-order valence-electron chi connectivity index (χ2n) is 4.98. The largest absolute Gasteiger partial charge is 0.393 e. The Hall–Kier alpha value is -1.13. The van der Waals surface area contributed by atoms with Gasteiger partial charge in [-0.25, -0.2) is 0 Å². The normalized spacial score (nSPS) is 22.2. The van der Waals surface area contributed by atoms with E-state index in [9.17, 15) is 4.79 Å². The van der Waals surface area contributed by atoms with Crippen LogP contribution in [0.25, 0.3) is 0 Å². The molecule has 2 atom stereocenters. The zero-order valence-corrected chi connectivity index (χ0v) is 12.4. The highest BCUT2D eigenvalue weighted by Crippen LogP contribution is 2.26. The van der Waals surface area contributed by atoms with Crippen molar-refractivity contribution in [1.29, 1.82) is 0 Å². The van der Waals surface area contributed by atoms with Crippen LogP contribution in [0.5, 0.6) is 0 Å². The number of nitrogens with two attached hydrogens (primary N) is 1. The fourth-order valence-corrected chi connectivity index (χ4v) is 3.11. The van der Waals surface area contributed by atoms with Gasteiger partial charge in [0.1, 0.15) is 0 Å². The van der Waals surface area contributed by atoms with Crippen molar-refractivity contribution in [3.05, 3.63) is 34.3 Å². The molecule has 3 N–H and O–H groups in total. The molecule has 102 valence electrons. The molecule has 19 heavy (non-hydrogen) atoms. The minimum absolute atomic E-state index is 0.0556. The van der Waals surface area contributed by atoms with Gasteiger partial charge in [0.2, 0.25) is 0 Å². The third-order valence-corrected chi connectivity index (χ3v) is 4.17. The number of hydrogen-bond donors (Lipinski definition) is 2. The van der Waals surface area contributed by atoms with Crippen LogP contribution in [-0.2, 0) is 0 Å². The van der Waals surface area contributed by atoms with Gasteiger partial charge >= 0.3 is 0 Å². The van der Waals surface area contributed by atoms with E-state index in [0.717, 1.165) is 24.8 Å². The minimum atomic E-state index is -0.0812. The van der Waals surface area contributed by atoms with E-state index in [-0.39, 0.29) is 17.9 Å². The summed E-state index contributed by atoms with van der Waals surface area (Å²) in [6, 6.07) is 5.32. The highest BCUT2D eigenvalue weighted by molar-refractivity contribution is 7.80. The van der Waals surface area contributed by atoms with Crippen molar-refractivity contribution < 1.29 is 4.79 Å². The summed E-state index contributed by atoms with van der Waals surface area (Å²) in [6.07, 6.45) is 2.94. The predicted octanol–water partition coefficient (Wildman–Crippen LogP) is 2.83. The van der Waals surface area contributed by atoms with E-state index in [0.29, 0.717) is 15.6 Å². The van der Waals surface area contributed by atoms with Gasteiger partial charge in [0.15, 0.2) is 0 Å². The van der Waals surface area contributed by atoms with E-state index >= 15 is 0 Å². The number of carbonyl (C=O) groups is 1. The van der Waals surface area contributed by atoms with Gasteiger partial charge in [0.25, 0.3) is 5.91 Å². The number of thiocarbonyl (C=S) groups is 1. The Morgan fingerprint density at radius 2 is 2.21 bits per heavy atom. The van der Waals surface area contributed by atoms with Crippen molar-refractivity contribution in [3.8, 4) is 0 Å². The number of aryl methyl sites for hydroxylation is 1. The van der Waals surface area contributed by atoms with Crippen LogP contribution in [0.4, 0.5) is 0 Å². The molecule has 1 aromatic rings. The molecule has 0 radical (unpaired) electrons. The highest BCUT2D eigenvalue weighted by atomic mass is 35.5. The molecule has 1 aliphatic rings. The maximum atomic E-state index is 12.3. The van der Waals surface area contributed by atoms with Crippen LogP contribution in [0.1, 0.15) is 35.2 Å². The fraction of sp³-hybridized carbons (Fsp3) is 0.429. The lowest BCUT2D eigenvalue weighted by molar-refractivity contribution is 0.0933. The van der Waals surface area contributed by atoms with Crippen LogP contribution >= 0.6 is 23.8 Å². The molecule has 3 nitrogen and oxygen atoms in total. The summed E-state index contributed by atoms with van der Waals surface area (Å²) in [5.74, 6) is 0.0360. The molecule has 0 aliphatic heterocycles. The molecule has 1 amide bonds. The van der Waals surface area contributed by atoms with Gasteiger partial charge in [-0.1, -0.05) is 30.2 Å². The molecule has 1 aromatic carbocycles. The molecule has 5 heteroatoms. The number of carbonyl (C=O) groups excluding carboxylic acids is 1. The number of amides is 1. The Bertz CT molecular complexity index is 518. The Labute approximate surface area is 123 Å². The maximum Gasteiger partial charge on any atom is 0.251 e. The highest BCUT2D eigenvalue weighted by Gasteiger charge is 2.30. The van der Waals surface area contributed by atoms with Gasteiger partial charge in [-0.2, -0.15) is 0 Å². The third-order valence-electron chi connectivity index (χ3n) is 3.63. The first-order valence-electron chi connectivity index (χ1n) is 6.35. The van der Waals surface area contributed by atoms with E-state index in [1.807, 2.05) is 6.92 Å². The second-order valence-corrected chi connectivity index (χ2v) is 5.89. The molecule has 0 saturated heterocycles. The first kappa shape index (κ1) is 14.3. The Kier molecular flexibility index (Phi) is 4.42. The van der Waals surface area contributed by atoms with Crippen LogP contribution in [0.3, 0.4) is 0 Å². The van der Waals surface area contributed by atoms with Crippen LogP contribution in [-0.4, -0.2) is 16.9 Å². The smallest absolute Gasteiger partial charge is 0.251 e. The minimum Gasteiger partial charge on any atom is -0.393 e. The van der Waals surface area contributed by atoms with Gasteiger partial charge in [0.05, 0.1) is 4.99 Å². The average Bonchev–Trinajstić information content (AvgIpc) is 2.76. The molecule has 1 aliphatic carbocycles. The number of benzene rings is 1. The number of nitrogens with one attached hydrogen (secondary N) is 1. The second kappa shape index (κ2) is 5.88. The topological polar surface area (TPSA) is 55.1 Å². The van der Waals surface area contributed by atoms with Crippen molar-refractivity contribution in [2.75, 3.05) is 0 Å². The first-order chi connectivity index (χ1) is 8.99. The van der Waals surface area contributed by atoms with E-state index < -0.39 is 0 Å². The van der Waals surface area contributed by atoms with Gasteiger partial charge in [-0.3, -0.25) is 4.79 Å². The van der Waals surface area contributed by atoms with Crippen LogP contribution in [0.2, 0.25) is 5.02 Å². The van der Waals surface area contributed by atoms with Crippen molar-refractivity contribution in [2.24, 2.45) is 11.7 Å². The molecule has 0 bridgehead atoms. The maximum absolute atomic E-state index is 12.3. The Morgan fingerprint density at radius 3 is 2.84 bits per heavy atom. The van der Waals surface area contributed by atoms with E-state index in [2.05, 4.69) is 5.32 Å². The van der Waals surface area contributed by atoms with Gasteiger partial charge < -0.3 is 11.1 Å². The van der Waals surface area contributed by atoms with Crippen molar-refractivity contribution in [1.82, 2.24) is 5.32 Å². The average molecular weight is 297 g/mol. The van der Waals surface area contributed by atoms with Crippen molar-refractivity contribution in [2.45, 2.75) is 32.2 Å². The molecule has 2 unspecified atom stereocenters. The number of halogens is 1. The van der Waals surface area contributed by atoms with Crippen LogP contribution < -0.4 is 11.1 Å². The zero-order valence-electron chi connectivity index (χ0n) is 10.8. The quantitative estimate of drug-likeness (QED) is 0.843. The number of rotatable bonds is 3. The molecular formula is C14H17ClN2OS. The monoisotopic (exact) mass is 296 g/mol. The summed E-state index contributed by atoms with van der Waals surface area (Å²) in [6.45, 7) is 1.88. The molecule has 0 heterocycles. The van der Waals surface area contributed by atoms with Crippen molar-refractivity contribution in [3.63, 3.8) is 0 Å². The Morgan fingerprint density at radius 1 is 1.47 bits per heavy atom. The summed E-state index contributed by atoms with van der Waals surface area (Å²) < 4.78 is 0. The third kappa shape index (κ3) is 3.25. The lowest BCUT2D eigenvalue weighted by atomic mass is 10.0. The summed E-state index contributed by atoms with van der Waals surface area (Å²) in [5.41, 5.74) is 7.24. The van der Waals surface area contributed by atoms with Crippen molar-refractivity contribution >= 4 is 34.7 Å². The van der Waals surface area contributed by atoms with Gasteiger partial charge in [-0.05, 0) is 43.5 Å². The molecule has 1 saturated carbocycles.